The Labute approximate surface area is 237 Å². The van der Waals surface area contributed by atoms with Crippen molar-refractivity contribution in [3.63, 3.8) is 0 Å². The molecule has 4 heteroatoms. The lowest BCUT2D eigenvalue weighted by atomic mass is 10.0. The molecule has 0 spiro atoms. The molecule has 0 aliphatic rings. The highest BCUT2D eigenvalue weighted by atomic mass is 16.6. The van der Waals surface area contributed by atoms with E-state index in [1.165, 1.54) is 116 Å². The van der Waals surface area contributed by atoms with Crippen molar-refractivity contribution in [3.05, 3.63) is 0 Å². The SMILES string of the molecule is CCCCCCCCCCCCCCCC(=O)OC(=O)CCCCCCCCCC(O)CCCCCCC. The van der Waals surface area contributed by atoms with Gasteiger partial charge in [0.05, 0.1) is 6.10 Å². The van der Waals surface area contributed by atoms with Gasteiger partial charge in [0.1, 0.15) is 0 Å². The Hall–Kier alpha value is -0.900. The molecular formula is C34H66O4. The maximum Gasteiger partial charge on any atom is 0.313 e. The first kappa shape index (κ1) is 37.1. The Balaban J connectivity index is 3.35. The molecule has 0 heterocycles. The molecule has 0 rings (SSSR count). The Morgan fingerprint density at radius 1 is 0.447 bits per heavy atom. The molecule has 0 saturated heterocycles. The molecule has 1 atom stereocenters. The van der Waals surface area contributed by atoms with Crippen molar-refractivity contribution in [2.24, 2.45) is 0 Å². The van der Waals surface area contributed by atoms with E-state index in [9.17, 15) is 14.7 Å². The first-order valence-corrected chi connectivity index (χ1v) is 17.0. The number of rotatable bonds is 30. The second kappa shape index (κ2) is 30.6. The number of hydrogen-bond donors (Lipinski definition) is 1. The van der Waals surface area contributed by atoms with E-state index >= 15 is 0 Å². The van der Waals surface area contributed by atoms with E-state index in [2.05, 4.69) is 13.8 Å². The zero-order valence-electron chi connectivity index (χ0n) is 25.8. The molecule has 226 valence electrons. The van der Waals surface area contributed by atoms with Gasteiger partial charge in [-0.15, -0.1) is 0 Å². The third-order valence-corrected chi connectivity index (χ3v) is 7.77. The van der Waals surface area contributed by atoms with Crippen LogP contribution in [0, 0.1) is 0 Å². The summed E-state index contributed by atoms with van der Waals surface area (Å²) in [6.07, 6.45) is 33.1. The monoisotopic (exact) mass is 538 g/mol. The van der Waals surface area contributed by atoms with Crippen molar-refractivity contribution in [3.8, 4) is 0 Å². The number of esters is 2. The van der Waals surface area contributed by atoms with Crippen molar-refractivity contribution < 1.29 is 19.4 Å². The summed E-state index contributed by atoms with van der Waals surface area (Å²) >= 11 is 0. The number of unbranched alkanes of at least 4 members (excludes halogenated alkanes) is 22. The van der Waals surface area contributed by atoms with E-state index in [4.69, 9.17) is 4.74 Å². The fraction of sp³-hybridized carbons (Fsp3) is 0.941. The van der Waals surface area contributed by atoms with Gasteiger partial charge in [-0.3, -0.25) is 9.59 Å². The Kier molecular flexibility index (Phi) is 29.9. The average Bonchev–Trinajstić information content (AvgIpc) is 2.90. The lowest BCUT2D eigenvalue weighted by Crippen LogP contribution is -2.11. The number of aliphatic hydroxyl groups excluding tert-OH is 1. The topological polar surface area (TPSA) is 63.6 Å². The van der Waals surface area contributed by atoms with Crippen molar-refractivity contribution in [1.29, 1.82) is 0 Å². The Bertz CT molecular complexity index is 505. The molecule has 0 saturated carbocycles. The van der Waals surface area contributed by atoms with Gasteiger partial charge in [-0.2, -0.15) is 0 Å². The van der Waals surface area contributed by atoms with Crippen molar-refractivity contribution in [1.82, 2.24) is 0 Å². The molecule has 0 bridgehead atoms. The Morgan fingerprint density at radius 2 is 0.711 bits per heavy atom. The highest BCUT2D eigenvalue weighted by Crippen LogP contribution is 2.15. The summed E-state index contributed by atoms with van der Waals surface area (Å²) in [5, 5.41) is 10.1. The normalized spacial score (nSPS) is 12.1. The summed E-state index contributed by atoms with van der Waals surface area (Å²) in [5.41, 5.74) is 0. The fourth-order valence-electron chi connectivity index (χ4n) is 5.18. The van der Waals surface area contributed by atoms with Crippen LogP contribution in [0.25, 0.3) is 0 Å². The summed E-state index contributed by atoms with van der Waals surface area (Å²) in [4.78, 5) is 23.8. The van der Waals surface area contributed by atoms with Crippen molar-refractivity contribution in [2.75, 3.05) is 0 Å². The highest BCUT2D eigenvalue weighted by Gasteiger charge is 2.10. The molecule has 4 nitrogen and oxygen atoms in total. The zero-order valence-corrected chi connectivity index (χ0v) is 25.8. The summed E-state index contributed by atoms with van der Waals surface area (Å²) in [7, 11) is 0. The summed E-state index contributed by atoms with van der Waals surface area (Å²) < 4.78 is 4.99. The second-order valence-electron chi connectivity index (χ2n) is 11.7. The van der Waals surface area contributed by atoms with Gasteiger partial charge in [0.25, 0.3) is 0 Å². The molecule has 1 N–H and O–H groups in total. The van der Waals surface area contributed by atoms with Crippen molar-refractivity contribution >= 4 is 11.9 Å². The third kappa shape index (κ3) is 29.7. The van der Waals surface area contributed by atoms with Gasteiger partial charge in [-0.05, 0) is 25.7 Å². The van der Waals surface area contributed by atoms with Crippen LogP contribution in [0.3, 0.4) is 0 Å². The van der Waals surface area contributed by atoms with Crippen LogP contribution < -0.4 is 0 Å². The van der Waals surface area contributed by atoms with Crippen LogP contribution in [0.2, 0.25) is 0 Å². The minimum Gasteiger partial charge on any atom is -0.393 e. The number of ether oxygens (including phenoxy) is 1. The molecule has 38 heavy (non-hydrogen) atoms. The molecule has 0 aromatic heterocycles. The molecule has 0 fully saturated rings. The molecule has 0 aromatic carbocycles. The predicted octanol–water partition coefficient (Wildman–Crippen LogP) is 10.8. The van der Waals surface area contributed by atoms with Gasteiger partial charge < -0.3 is 9.84 Å². The van der Waals surface area contributed by atoms with E-state index in [0.29, 0.717) is 12.8 Å². The standard InChI is InChI=1S/C34H66O4/c1-3-5-7-9-10-11-12-13-14-15-18-22-26-30-33(36)38-34(37)31-27-23-19-16-17-21-25-29-32(35)28-24-20-8-6-4-2/h32,35H,3-31H2,1-2H3. The van der Waals surface area contributed by atoms with Crippen LogP contribution in [0.15, 0.2) is 0 Å². The quantitative estimate of drug-likeness (QED) is 0.0561. The van der Waals surface area contributed by atoms with E-state index in [1.54, 1.807) is 0 Å². The smallest absolute Gasteiger partial charge is 0.313 e. The second-order valence-corrected chi connectivity index (χ2v) is 11.7. The summed E-state index contributed by atoms with van der Waals surface area (Å²) in [6.45, 7) is 4.49. The van der Waals surface area contributed by atoms with E-state index in [-0.39, 0.29) is 18.0 Å². The minimum atomic E-state index is -0.353. The van der Waals surface area contributed by atoms with Crippen LogP contribution in [-0.2, 0) is 14.3 Å². The van der Waals surface area contributed by atoms with Crippen molar-refractivity contribution in [2.45, 2.75) is 206 Å². The van der Waals surface area contributed by atoms with Gasteiger partial charge in [0.2, 0.25) is 0 Å². The van der Waals surface area contributed by atoms with E-state index in [0.717, 1.165) is 57.8 Å². The lowest BCUT2D eigenvalue weighted by molar-refractivity contribution is -0.159. The molecule has 0 aliphatic carbocycles. The highest BCUT2D eigenvalue weighted by molar-refractivity contribution is 5.85. The summed E-state index contributed by atoms with van der Waals surface area (Å²) in [6, 6.07) is 0. The molecular weight excluding hydrogens is 472 g/mol. The van der Waals surface area contributed by atoms with E-state index in [1.807, 2.05) is 0 Å². The molecule has 0 radical (unpaired) electrons. The largest absolute Gasteiger partial charge is 0.393 e. The zero-order chi connectivity index (χ0) is 27.9. The third-order valence-electron chi connectivity index (χ3n) is 7.77. The maximum absolute atomic E-state index is 11.9. The van der Waals surface area contributed by atoms with E-state index < -0.39 is 0 Å². The van der Waals surface area contributed by atoms with Crippen LogP contribution in [-0.4, -0.2) is 23.1 Å². The fourth-order valence-corrected chi connectivity index (χ4v) is 5.18. The van der Waals surface area contributed by atoms with Gasteiger partial charge >= 0.3 is 11.9 Å². The Morgan fingerprint density at radius 3 is 1.03 bits per heavy atom. The average molecular weight is 539 g/mol. The van der Waals surface area contributed by atoms with Crippen LogP contribution in [0.4, 0.5) is 0 Å². The number of carbonyl (C=O) groups excluding carboxylic acids is 2. The van der Waals surface area contributed by atoms with Gasteiger partial charge in [-0.25, -0.2) is 0 Å². The van der Waals surface area contributed by atoms with Crippen LogP contribution in [0.1, 0.15) is 200 Å². The predicted molar refractivity (Wildman–Crippen MR) is 162 cm³/mol. The minimum absolute atomic E-state index is 0.116. The molecule has 0 amide bonds. The maximum atomic E-state index is 11.9. The van der Waals surface area contributed by atoms with Crippen LogP contribution >= 0.6 is 0 Å². The summed E-state index contributed by atoms with van der Waals surface area (Å²) in [5.74, 6) is -0.699. The van der Waals surface area contributed by atoms with Gasteiger partial charge in [0.15, 0.2) is 0 Å². The number of hydrogen-bond acceptors (Lipinski definition) is 4. The first-order valence-electron chi connectivity index (χ1n) is 17.0. The lowest BCUT2D eigenvalue weighted by Gasteiger charge is -2.10. The van der Waals surface area contributed by atoms with Crippen LogP contribution in [0.5, 0.6) is 0 Å². The molecule has 0 aliphatic heterocycles. The van der Waals surface area contributed by atoms with Gasteiger partial charge in [0, 0.05) is 12.8 Å². The number of aliphatic hydroxyl groups is 1. The number of carbonyl (C=O) groups is 2. The van der Waals surface area contributed by atoms with Gasteiger partial charge in [-0.1, -0.05) is 162 Å². The first-order chi connectivity index (χ1) is 18.6. The molecule has 1 unspecified atom stereocenters. The molecule has 0 aromatic rings.